The zero-order valence-electron chi connectivity index (χ0n) is 21.8. The molecule has 1 aromatic carbocycles. The van der Waals surface area contributed by atoms with E-state index in [0.29, 0.717) is 44.9 Å². The van der Waals surface area contributed by atoms with Crippen LogP contribution in [-0.2, 0) is 16.0 Å². The summed E-state index contributed by atoms with van der Waals surface area (Å²) in [5.74, 6) is -0.835. The normalized spacial score (nSPS) is 22.4. The van der Waals surface area contributed by atoms with Crippen molar-refractivity contribution in [3.63, 3.8) is 0 Å². The van der Waals surface area contributed by atoms with Gasteiger partial charge < -0.3 is 20.1 Å². The zero-order valence-corrected chi connectivity index (χ0v) is 21.8. The second-order valence-corrected chi connectivity index (χ2v) is 9.93. The van der Waals surface area contributed by atoms with Crippen molar-refractivity contribution in [2.24, 2.45) is 28.0 Å². The number of carbonyl (C=O) groups excluding carboxylic acids is 1. The Morgan fingerprint density at radius 2 is 1.74 bits per heavy atom. The summed E-state index contributed by atoms with van der Waals surface area (Å²) in [4.78, 5) is 17.3. The van der Waals surface area contributed by atoms with Crippen molar-refractivity contribution < 1.29 is 24.9 Å². The molecule has 11 heteroatoms. The third kappa shape index (κ3) is 12.0. The molecule has 1 saturated carbocycles. The predicted octanol–water partition coefficient (Wildman–Crippen LogP) is 5.01. The number of azide groups is 2. The van der Waals surface area contributed by atoms with E-state index in [0.717, 1.165) is 6.42 Å². The highest BCUT2D eigenvalue weighted by Crippen LogP contribution is 2.38. The molecule has 0 radical (unpaired) electrons. The molecule has 11 nitrogen and oxygen atoms in total. The molecule has 208 valence electrons. The molecule has 0 spiro atoms. The first-order valence-corrected chi connectivity index (χ1v) is 13.3. The van der Waals surface area contributed by atoms with Crippen LogP contribution in [0.5, 0.6) is 0 Å². The van der Waals surface area contributed by atoms with Gasteiger partial charge in [0.05, 0.1) is 24.9 Å². The molecule has 5 atom stereocenters. The van der Waals surface area contributed by atoms with Gasteiger partial charge in [-0.3, -0.25) is 4.79 Å². The Bertz CT molecular complexity index is 929. The topological polar surface area (TPSA) is 185 Å². The van der Waals surface area contributed by atoms with Gasteiger partial charge >= 0.3 is 5.97 Å². The van der Waals surface area contributed by atoms with E-state index in [-0.39, 0.29) is 49.8 Å². The maximum absolute atomic E-state index is 12.0. The molecule has 0 heterocycles. The van der Waals surface area contributed by atoms with Crippen molar-refractivity contribution in [2.75, 3.05) is 19.7 Å². The molecule has 2 rings (SSSR count). The molecule has 1 aliphatic rings. The number of carbonyl (C=O) groups is 1. The van der Waals surface area contributed by atoms with Crippen molar-refractivity contribution in [2.45, 2.75) is 76.1 Å². The highest BCUT2D eigenvalue weighted by atomic mass is 16.5. The summed E-state index contributed by atoms with van der Waals surface area (Å²) in [6.07, 6.45) is 7.62. The number of ether oxygens (including phenoxy) is 1. The van der Waals surface area contributed by atoms with Crippen molar-refractivity contribution in [1.82, 2.24) is 0 Å². The number of aliphatic hydroxyl groups is 3. The lowest BCUT2D eigenvalue weighted by atomic mass is 9.85. The second kappa shape index (κ2) is 18.2. The van der Waals surface area contributed by atoms with E-state index in [1.165, 1.54) is 5.56 Å². The average Bonchev–Trinajstić information content (AvgIpc) is 3.19. The van der Waals surface area contributed by atoms with Gasteiger partial charge in [-0.1, -0.05) is 52.7 Å². The van der Waals surface area contributed by atoms with Crippen molar-refractivity contribution in [3.8, 4) is 0 Å². The molecular formula is C27H40N6O5. The van der Waals surface area contributed by atoms with Crippen LogP contribution >= 0.6 is 0 Å². The number of esters is 1. The number of nitrogens with zero attached hydrogens (tertiary/aromatic N) is 6. The second-order valence-electron chi connectivity index (χ2n) is 9.93. The van der Waals surface area contributed by atoms with Gasteiger partial charge in [0.1, 0.15) is 0 Å². The summed E-state index contributed by atoms with van der Waals surface area (Å²) in [5, 5.41) is 38.3. The van der Waals surface area contributed by atoms with E-state index in [9.17, 15) is 20.1 Å². The van der Waals surface area contributed by atoms with E-state index in [4.69, 9.17) is 15.8 Å². The number of allylic oxidation sites excluding steroid dienone is 2. The fraction of sp³-hybridized carbons (Fsp3) is 0.667. The lowest BCUT2D eigenvalue weighted by molar-refractivity contribution is -0.144. The summed E-state index contributed by atoms with van der Waals surface area (Å²) >= 11 is 0. The van der Waals surface area contributed by atoms with Crippen molar-refractivity contribution in [3.05, 3.63) is 68.9 Å². The maximum Gasteiger partial charge on any atom is 0.305 e. The summed E-state index contributed by atoms with van der Waals surface area (Å²) < 4.78 is 5.20. The van der Waals surface area contributed by atoms with Crippen LogP contribution in [0.15, 0.2) is 52.7 Å². The van der Waals surface area contributed by atoms with Crippen LogP contribution in [-0.4, -0.2) is 59.3 Å². The minimum atomic E-state index is -0.570. The number of aryl methyl sites for hydroxylation is 1. The third-order valence-corrected chi connectivity index (χ3v) is 7.08. The molecule has 0 aromatic heterocycles. The van der Waals surface area contributed by atoms with Gasteiger partial charge in [0.2, 0.25) is 0 Å². The van der Waals surface area contributed by atoms with Crippen LogP contribution in [0.1, 0.15) is 56.9 Å². The standard InChI is InChI=1S/C27H40N6O5/c28-32-30-17-21(18-31-33-29)19-38-27(37)11-7-2-1-6-10-23-24(26(36)16-25(23)35)15-14-22(34)13-12-20-8-4-3-5-9-20/h1,3-6,8-9,21-26,34-36H,2,7,10-19H2/b6-1-/t22-,23+,24+,25-,26+/m0/s1. The van der Waals surface area contributed by atoms with Crippen LogP contribution in [0.2, 0.25) is 0 Å². The first kappa shape index (κ1) is 31.1. The number of hydrogen-bond donors (Lipinski definition) is 3. The Balaban J connectivity index is 1.67. The lowest BCUT2D eigenvalue weighted by Gasteiger charge is -2.23. The molecule has 0 saturated heterocycles. The summed E-state index contributed by atoms with van der Waals surface area (Å²) in [6.45, 7) is 0.193. The molecule has 1 aromatic rings. The summed E-state index contributed by atoms with van der Waals surface area (Å²) in [5.41, 5.74) is 18.0. The van der Waals surface area contributed by atoms with Gasteiger partial charge in [0, 0.05) is 35.3 Å². The number of hydrogen-bond acceptors (Lipinski definition) is 7. The molecule has 0 unspecified atom stereocenters. The maximum atomic E-state index is 12.0. The highest BCUT2D eigenvalue weighted by Gasteiger charge is 2.40. The van der Waals surface area contributed by atoms with Crippen LogP contribution in [0.4, 0.5) is 0 Å². The van der Waals surface area contributed by atoms with Crippen LogP contribution in [0.25, 0.3) is 20.9 Å². The minimum absolute atomic E-state index is 0.0248. The Morgan fingerprint density at radius 3 is 2.42 bits per heavy atom. The molecule has 0 aliphatic heterocycles. The van der Waals surface area contributed by atoms with E-state index in [1.54, 1.807) is 0 Å². The van der Waals surface area contributed by atoms with Gasteiger partial charge in [-0.25, -0.2) is 0 Å². The quantitative estimate of drug-likeness (QED) is 0.0602. The van der Waals surface area contributed by atoms with Crippen LogP contribution < -0.4 is 0 Å². The van der Waals surface area contributed by atoms with Gasteiger partial charge in [-0.15, -0.1) is 0 Å². The van der Waals surface area contributed by atoms with Gasteiger partial charge in [-0.2, -0.15) is 0 Å². The highest BCUT2D eigenvalue weighted by molar-refractivity contribution is 5.69. The molecule has 38 heavy (non-hydrogen) atoms. The molecule has 0 amide bonds. The van der Waals surface area contributed by atoms with Gasteiger partial charge in [-0.05, 0) is 79.8 Å². The fourth-order valence-electron chi connectivity index (χ4n) is 4.90. The number of aliphatic hydroxyl groups excluding tert-OH is 3. The zero-order chi connectivity index (χ0) is 27.6. The molecular weight excluding hydrogens is 488 g/mol. The molecule has 0 bridgehead atoms. The minimum Gasteiger partial charge on any atom is -0.465 e. The summed E-state index contributed by atoms with van der Waals surface area (Å²) in [6, 6.07) is 10.0. The monoisotopic (exact) mass is 528 g/mol. The van der Waals surface area contributed by atoms with Gasteiger partial charge in [0.15, 0.2) is 0 Å². The largest absolute Gasteiger partial charge is 0.465 e. The van der Waals surface area contributed by atoms with Crippen LogP contribution in [0, 0.1) is 17.8 Å². The smallest absolute Gasteiger partial charge is 0.305 e. The van der Waals surface area contributed by atoms with Crippen molar-refractivity contribution >= 4 is 5.97 Å². The summed E-state index contributed by atoms with van der Waals surface area (Å²) in [7, 11) is 0. The number of unbranched alkanes of at least 4 members (excludes halogenated alkanes) is 1. The Hall–Kier alpha value is -3.07. The Labute approximate surface area is 223 Å². The fourth-order valence-corrected chi connectivity index (χ4v) is 4.90. The van der Waals surface area contributed by atoms with Crippen molar-refractivity contribution in [1.29, 1.82) is 0 Å². The first-order valence-electron chi connectivity index (χ1n) is 13.3. The van der Waals surface area contributed by atoms with E-state index in [1.807, 2.05) is 42.5 Å². The average molecular weight is 529 g/mol. The third-order valence-electron chi connectivity index (χ3n) is 7.08. The van der Waals surface area contributed by atoms with Gasteiger partial charge in [0.25, 0.3) is 0 Å². The molecule has 1 aliphatic carbocycles. The SMILES string of the molecule is [N-]=[N+]=NCC(CN=[N+]=[N-])COC(=O)CCC/C=C\C[C@@H]1[C@@H](CC[C@@H](O)CCc2ccccc2)[C@H](O)C[C@@H]1O. The Kier molecular flexibility index (Phi) is 14.9. The Morgan fingerprint density at radius 1 is 1.05 bits per heavy atom. The van der Waals surface area contributed by atoms with E-state index < -0.39 is 18.3 Å². The van der Waals surface area contributed by atoms with E-state index in [2.05, 4.69) is 20.1 Å². The molecule has 3 N–H and O–H groups in total. The predicted molar refractivity (Wildman–Crippen MR) is 144 cm³/mol. The van der Waals surface area contributed by atoms with E-state index >= 15 is 0 Å². The number of benzene rings is 1. The van der Waals surface area contributed by atoms with Crippen LogP contribution in [0.3, 0.4) is 0 Å². The molecule has 1 fully saturated rings. The first-order chi connectivity index (χ1) is 18.4. The lowest BCUT2D eigenvalue weighted by Crippen LogP contribution is -2.23. The number of rotatable bonds is 18.